The summed E-state index contributed by atoms with van der Waals surface area (Å²) < 4.78 is 43.1. The molecule has 0 aromatic heterocycles. The first-order valence-corrected chi connectivity index (χ1v) is 4.53. The van der Waals surface area contributed by atoms with Crippen LogP contribution in [0.4, 0.5) is 13.2 Å². The summed E-state index contributed by atoms with van der Waals surface area (Å²) >= 11 is 0. The quantitative estimate of drug-likeness (QED) is 0.598. The molecule has 0 radical (unpaired) electrons. The molecule has 0 heterocycles. The molecule has 0 saturated heterocycles. The minimum atomic E-state index is -4.59. The first-order valence-electron chi connectivity index (χ1n) is 4.53. The lowest BCUT2D eigenvalue weighted by Gasteiger charge is -2.17. The zero-order chi connectivity index (χ0) is 11.7. The first-order chi connectivity index (χ1) is 6.99. The van der Waals surface area contributed by atoms with Gasteiger partial charge in [-0.1, -0.05) is 0 Å². The number of rotatable bonds is 8. The van der Waals surface area contributed by atoms with Gasteiger partial charge in [-0.2, -0.15) is 0 Å². The van der Waals surface area contributed by atoms with E-state index in [1.807, 2.05) is 0 Å². The van der Waals surface area contributed by atoms with Crippen LogP contribution in [0.3, 0.4) is 0 Å². The lowest BCUT2D eigenvalue weighted by atomic mass is 10.2. The van der Waals surface area contributed by atoms with Gasteiger partial charge >= 0.3 is 6.36 Å². The molecule has 15 heavy (non-hydrogen) atoms. The van der Waals surface area contributed by atoms with Gasteiger partial charge in [-0.25, -0.2) is 0 Å². The Hall–Kier alpha value is -0.370. The van der Waals surface area contributed by atoms with Gasteiger partial charge in [0.2, 0.25) is 0 Å². The van der Waals surface area contributed by atoms with Gasteiger partial charge < -0.3 is 15.2 Å². The van der Waals surface area contributed by atoms with Crippen LogP contribution in [0, 0.1) is 0 Å². The predicted octanol–water partition coefficient (Wildman–Crippen LogP) is 0.510. The van der Waals surface area contributed by atoms with Crippen molar-refractivity contribution in [2.75, 3.05) is 33.5 Å². The van der Waals surface area contributed by atoms with Crippen LogP contribution >= 0.6 is 0 Å². The smallest absolute Gasteiger partial charge is 0.396 e. The first kappa shape index (κ1) is 14.6. The molecule has 0 amide bonds. The predicted molar refractivity (Wildman–Crippen MR) is 47.4 cm³/mol. The number of aliphatic hydroxyl groups is 1. The average molecular weight is 231 g/mol. The van der Waals surface area contributed by atoms with Crippen LogP contribution in [0.15, 0.2) is 0 Å². The maximum atomic E-state index is 11.6. The standard InChI is InChI=1S/C8H16F3NO3/c1-14-6-7(2-4-13)12-3-5-15-8(9,10)11/h7,12-13H,2-6H2,1H3. The molecular weight excluding hydrogens is 215 g/mol. The molecule has 7 heteroatoms. The number of methoxy groups -OCH3 is 1. The monoisotopic (exact) mass is 231 g/mol. The summed E-state index contributed by atoms with van der Waals surface area (Å²) in [6, 6.07) is -0.156. The highest BCUT2D eigenvalue weighted by molar-refractivity contribution is 4.64. The molecule has 0 aromatic carbocycles. The van der Waals surface area contributed by atoms with Crippen molar-refractivity contribution in [3.63, 3.8) is 0 Å². The molecule has 92 valence electrons. The number of alkyl halides is 3. The van der Waals surface area contributed by atoms with Gasteiger partial charge in [0.25, 0.3) is 0 Å². The highest BCUT2D eigenvalue weighted by Crippen LogP contribution is 2.15. The van der Waals surface area contributed by atoms with E-state index in [1.165, 1.54) is 7.11 Å². The van der Waals surface area contributed by atoms with Crippen LogP contribution in [0.25, 0.3) is 0 Å². The van der Waals surface area contributed by atoms with Gasteiger partial charge in [-0.15, -0.1) is 13.2 Å². The fourth-order valence-corrected chi connectivity index (χ4v) is 1.03. The number of hydrogen-bond acceptors (Lipinski definition) is 4. The van der Waals surface area contributed by atoms with Crippen molar-refractivity contribution >= 4 is 0 Å². The Bertz CT molecular complexity index is 149. The molecule has 1 unspecified atom stereocenters. The topological polar surface area (TPSA) is 50.7 Å². The van der Waals surface area contributed by atoms with Crippen molar-refractivity contribution in [1.29, 1.82) is 0 Å². The zero-order valence-electron chi connectivity index (χ0n) is 8.51. The summed E-state index contributed by atoms with van der Waals surface area (Å²) in [5.74, 6) is 0. The van der Waals surface area contributed by atoms with Crippen LogP contribution in [-0.4, -0.2) is 51.0 Å². The molecule has 0 fully saturated rings. The third-order valence-electron chi connectivity index (χ3n) is 1.65. The van der Waals surface area contributed by atoms with Gasteiger partial charge in [0.05, 0.1) is 13.2 Å². The lowest BCUT2D eigenvalue weighted by Crippen LogP contribution is -2.37. The third-order valence-corrected chi connectivity index (χ3v) is 1.65. The van der Waals surface area contributed by atoms with E-state index >= 15 is 0 Å². The highest BCUT2D eigenvalue weighted by Gasteiger charge is 2.28. The molecule has 0 aliphatic rings. The van der Waals surface area contributed by atoms with Crippen molar-refractivity contribution in [1.82, 2.24) is 5.32 Å². The largest absolute Gasteiger partial charge is 0.522 e. The molecule has 1 atom stereocenters. The zero-order valence-corrected chi connectivity index (χ0v) is 8.51. The van der Waals surface area contributed by atoms with Crippen LogP contribution in [0.2, 0.25) is 0 Å². The van der Waals surface area contributed by atoms with E-state index in [1.54, 1.807) is 0 Å². The number of ether oxygens (including phenoxy) is 2. The van der Waals surface area contributed by atoms with E-state index in [2.05, 4.69) is 10.1 Å². The van der Waals surface area contributed by atoms with E-state index in [0.717, 1.165) is 0 Å². The third kappa shape index (κ3) is 9.92. The van der Waals surface area contributed by atoms with Crippen molar-refractivity contribution in [3.8, 4) is 0 Å². The average Bonchev–Trinajstić information content (AvgIpc) is 2.11. The Morgan fingerprint density at radius 3 is 2.53 bits per heavy atom. The fraction of sp³-hybridized carbons (Fsp3) is 1.00. The van der Waals surface area contributed by atoms with E-state index < -0.39 is 13.0 Å². The van der Waals surface area contributed by atoms with E-state index in [0.29, 0.717) is 13.0 Å². The van der Waals surface area contributed by atoms with Crippen LogP contribution in [0.1, 0.15) is 6.42 Å². The van der Waals surface area contributed by atoms with Gasteiger partial charge in [0.1, 0.15) is 0 Å². The van der Waals surface area contributed by atoms with Crippen molar-refractivity contribution in [2.45, 2.75) is 18.8 Å². The second-order valence-electron chi connectivity index (χ2n) is 2.91. The molecule has 0 rings (SSSR count). The Morgan fingerprint density at radius 2 is 2.07 bits per heavy atom. The van der Waals surface area contributed by atoms with Crippen LogP contribution in [0.5, 0.6) is 0 Å². The molecule has 2 N–H and O–H groups in total. The maximum absolute atomic E-state index is 11.6. The maximum Gasteiger partial charge on any atom is 0.522 e. The number of halogens is 3. The van der Waals surface area contributed by atoms with E-state index in [9.17, 15) is 13.2 Å². The minimum absolute atomic E-state index is 0.0405. The van der Waals surface area contributed by atoms with Gasteiger partial charge in [0, 0.05) is 26.3 Å². The second kappa shape index (κ2) is 7.86. The molecule has 0 aliphatic carbocycles. The fourth-order valence-electron chi connectivity index (χ4n) is 1.03. The molecule has 0 bridgehead atoms. The number of hydrogen-bond donors (Lipinski definition) is 2. The summed E-state index contributed by atoms with van der Waals surface area (Å²) in [4.78, 5) is 0. The van der Waals surface area contributed by atoms with E-state index in [-0.39, 0.29) is 19.2 Å². The number of nitrogens with one attached hydrogen (secondary N) is 1. The van der Waals surface area contributed by atoms with Crippen molar-refractivity contribution in [3.05, 3.63) is 0 Å². The summed E-state index contributed by atoms with van der Waals surface area (Å²) in [5.41, 5.74) is 0. The minimum Gasteiger partial charge on any atom is -0.396 e. The summed E-state index contributed by atoms with van der Waals surface area (Å²) in [6.45, 7) is -0.0869. The van der Waals surface area contributed by atoms with Crippen molar-refractivity contribution in [2.24, 2.45) is 0 Å². The molecule has 4 nitrogen and oxygen atoms in total. The van der Waals surface area contributed by atoms with Gasteiger partial charge in [-0.3, -0.25) is 4.74 Å². The number of aliphatic hydroxyl groups excluding tert-OH is 1. The Balaban J connectivity index is 3.52. The summed E-state index contributed by atoms with van der Waals surface area (Å²) in [6.07, 6.45) is -4.16. The summed E-state index contributed by atoms with van der Waals surface area (Å²) in [5, 5.41) is 11.4. The molecular formula is C8H16F3NO3. The van der Waals surface area contributed by atoms with Crippen LogP contribution in [-0.2, 0) is 9.47 Å². The summed E-state index contributed by atoms with van der Waals surface area (Å²) in [7, 11) is 1.48. The molecule has 0 saturated carbocycles. The van der Waals surface area contributed by atoms with Crippen LogP contribution < -0.4 is 5.32 Å². The highest BCUT2D eigenvalue weighted by atomic mass is 19.4. The van der Waals surface area contributed by atoms with E-state index in [4.69, 9.17) is 9.84 Å². The molecule has 0 aliphatic heterocycles. The molecule has 0 aromatic rings. The lowest BCUT2D eigenvalue weighted by molar-refractivity contribution is -0.323. The van der Waals surface area contributed by atoms with Gasteiger partial charge in [-0.05, 0) is 6.42 Å². The Labute approximate surface area is 86.4 Å². The normalized spacial score (nSPS) is 14.2. The van der Waals surface area contributed by atoms with Crippen molar-refractivity contribution < 1.29 is 27.8 Å². The second-order valence-corrected chi connectivity index (χ2v) is 2.91. The van der Waals surface area contributed by atoms with Gasteiger partial charge in [0.15, 0.2) is 0 Å². The molecule has 0 spiro atoms. The Morgan fingerprint density at radius 1 is 1.40 bits per heavy atom. The SMILES string of the molecule is COCC(CCO)NCCOC(F)(F)F. The Kier molecular flexibility index (Phi) is 7.67.